The Kier molecular flexibility index (Phi) is 3.16. The lowest BCUT2D eigenvalue weighted by Crippen LogP contribution is -2.40. The number of hydrogen-bond acceptors (Lipinski definition) is 4. The summed E-state index contributed by atoms with van der Waals surface area (Å²) in [5.41, 5.74) is 6.22. The summed E-state index contributed by atoms with van der Waals surface area (Å²) in [5, 5.41) is 5.40. The molecule has 1 saturated carbocycles. The van der Waals surface area contributed by atoms with Gasteiger partial charge >= 0.3 is 0 Å². The maximum atomic E-state index is 5.02. The van der Waals surface area contributed by atoms with Crippen molar-refractivity contribution in [3.63, 3.8) is 0 Å². The van der Waals surface area contributed by atoms with Crippen molar-refractivity contribution < 1.29 is 0 Å². The summed E-state index contributed by atoms with van der Waals surface area (Å²) in [6.45, 7) is 10.0. The van der Waals surface area contributed by atoms with Crippen molar-refractivity contribution in [3.8, 4) is 0 Å². The van der Waals surface area contributed by atoms with Gasteiger partial charge in [0.1, 0.15) is 11.6 Å². The third-order valence-corrected chi connectivity index (χ3v) is 4.88. The summed E-state index contributed by atoms with van der Waals surface area (Å²) in [6.07, 6.45) is 4.89. The number of aliphatic imine (C=N–C) groups is 1. The summed E-state index contributed by atoms with van der Waals surface area (Å²) in [4.78, 5) is 5.02. The van der Waals surface area contributed by atoms with Gasteiger partial charge in [0, 0.05) is 25.1 Å². The lowest BCUT2D eigenvalue weighted by atomic mass is 9.81. The van der Waals surface area contributed by atoms with Gasteiger partial charge in [-0.25, -0.2) is 15.4 Å². The lowest BCUT2D eigenvalue weighted by Gasteiger charge is -2.32. The Morgan fingerprint density at radius 1 is 1.40 bits per heavy atom. The van der Waals surface area contributed by atoms with Gasteiger partial charge in [-0.2, -0.15) is 0 Å². The van der Waals surface area contributed by atoms with Gasteiger partial charge in [0.05, 0.1) is 5.71 Å². The topological polar surface area (TPSA) is 39.7 Å². The second-order valence-electron chi connectivity index (χ2n) is 6.95. The Hall–Kier alpha value is -1.29. The number of nitrogens with one attached hydrogen (secondary N) is 2. The van der Waals surface area contributed by atoms with Gasteiger partial charge in [0.25, 0.3) is 0 Å². The zero-order valence-corrected chi connectivity index (χ0v) is 13.2. The highest BCUT2D eigenvalue weighted by Gasteiger charge is 2.43. The second kappa shape index (κ2) is 4.62. The molecule has 4 heteroatoms. The zero-order chi connectivity index (χ0) is 14.5. The van der Waals surface area contributed by atoms with E-state index in [1.807, 2.05) is 7.05 Å². The van der Waals surface area contributed by atoms with Crippen LogP contribution in [0.1, 0.15) is 40.5 Å². The first-order valence-electron chi connectivity index (χ1n) is 7.70. The highest BCUT2D eigenvalue weighted by molar-refractivity contribution is 6.01. The molecule has 0 unspecified atom stereocenters. The SMILES string of the molecule is CNC1=CC(C(C)(C)C2CC2)=NC2=C(C(C)C)CNN12. The van der Waals surface area contributed by atoms with E-state index in [4.69, 9.17) is 4.99 Å². The molecule has 110 valence electrons. The zero-order valence-electron chi connectivity index (χ0n) is 13.2. The molecule has 0 bridgehead atoms. The lowest BCUT2D eigenvalue weighted by molar-refractivity contribution is 0.325. The standard InChI is InChI=1S/C16H26N4/c1-10(2)12-9-18-20-14(17-5)8-13(19-15(12)20)16(3,4)11-6-7-11/h8,10-11,17-18H,6-7,9H2,1-5H3. The van der Waals surface area contributed by atoms with Crippen LogP contribution in [0.4, 0.5) is 0 Å². The van der Waals surface area contributed by atoms with Crippen molar-refractivity contribution >= 4 is 5.71 Å². The Labute approximate surface area is 122 Å². The number of hydrogen-bond donors (Lipinski definition) is 2. The second-order valence-corrected chi connectivity index (χ2v) is 6.95. The molecular weight excluding hydrogens is 248 g/mol. The van der Waals surface area contributed by atoms with Crippen LogP contribution >= 0.6 is 0 Å². The molecule has 3 aliphatic rings. The minimum absolute atomic E-state index is 0.172. The van der Waals surface area contributed by atoms with Crippen molar-refractivity contribution in [2.75, 3.05) is 13.6 Å². The molecule has 0 aromatic heterocycles. The molecule has 2 N–H and O–H groups in total. The fourth-order valence-electron chi connectivity index (χ4n) is 3.11. The molecule has 0 amide bonds. The predicted molar refractivity (Wildman–Crippen MR) is 82.8 cm³/mol. The fourth-order valence-corrected chi connectivity index (χ4v) is 3.11. The van der Waals surface area contributed by atoms with Crippen LogP contribution in [0.15, 0.2) is 28.3 Å². The van der Waals surface area contributed by atoms with Crippen LogP contribution in [0.25, 0.3) is 0 Å². The van der Waals surface area contributed by atoms with E-state index in [1.54, 1.807) is 0 Å². The normalized spacial score (nSPS) is 23.0. The van der Waals surface area contributed by atoms with E-state index in [9.17, 15) is 0 Å². The number of fused-ring (bicyclic) bond motifs is 1. The molecule has 1 fully saturated rings. The first-order valence-corrected chi connectivity index (χ1v) is 7.70. The quantitative estimate of drug-likeness (QED) is 0.828. The molecule has 0 aromatic rings. The molecular formula is C16H26N4. The molecule has 20 heavy (non-hydrogen) atoms. The van der Waals surface area contributed by atoms with Crippen LogP contribution in [-0.2, 0) is 0 Å². The molecule has 0 saturated heterocycles. The first-order chi connectivity index (χ1) is 9.45. The maximum absolute atomic E-state index is 5.02. The monoisotopic (exact) mass is 274 g/mol. The van der Waals surface area contributed by atoms with Crippen LogP contribution in [0.3, 0.4) is 0 Å². The van der Waals surface area contributed by atoms with Crippen LogP contribution < -0.4 is 10.7 Å². The van der Waals surface area contributed by atoms with Crippen LogP contribution in [-0.4, -0.2) is 24.3 Å². The van der Waals surface area contributed by atoms with E-state index in [0.717, 1.165) is 24.1 Å². The largest absolute Gasteiger partial charge is 0.373 e. The van der Waals surface area contributed by atoms with Gasteiger partial charge in [-0.3, -0.25) is 0 Å². The van der Waals surface area contributed by atoms with Crippen molar-refractivity contribution in [1.82, 2.24) is 15.8 Å². The molecule has 0 spiro atoms. The summed E-state index contributed by atoms with van der Waals surface area (Å²) < 4.78 is 0. The Bertz CT molecular complexity index is 507. The minimum atomic E-state index is 0.172. The predicted octanol–water partition coefficient (Wildman–Crippen LogP) is 2.63. The smallest absolute Gasteiger partial charge is 0.149 e. The van der Waals surface area contributed by atoms with Crippen LogP contribution in [0.5, 0.6) is 0 Å². The van der Waals surface area contributed by atoms with E-state index in [2.05, 4.69) is 49.5 Å². The number of hydrazine groups is 1. The van der Waals surface area contributed by atoms with Crippen LogP contribution in [0.2, 0.25) is 0 Å². The van der Waals surface area contributed by atoms with E-state index in [0.29, 0.717) is 5.92 Å². The van der Waals surface area contributed by atoms with Gasteiger partial charge in [0.2, 0.25) is 0 Å². The van der Waals surface area contributed by atoms with E-state index < -0.39 is 0 Å². The number of nitrogens with zero attached hydrogens (tertiary/aromatic N) is 2. The minimum Gasteiger partial charge on any atom is -0.373 e. The highest BCUT2D eigenvalue weighted by atomic mass is 15.6. The van der Waals surface area contributed by atoms with Gasteiger partial charge < -0.3 is 5.32 Å². The van der Waals surface area contributed by atoms with Gasteiger partial charge in [-0.1, -0.05) is 27.7 Å². The fraction of sp³-hybridized carbons (Fsp3) is 0.688. The Balaban J connectivity index is 2.04. The summed E-state index contributed by atoms with van der Waals surface area (Å²) >= 11 is 0. The first kappa shape index (κ1) is 13.7. The van der Waals surface area contributed by atoms with E-state index >= 15 is 0 Å². The summed E-state index contributed by atoms with van der Waals surface area (Å²) in [5.74, 6) is 3.53. The molecule has 4 nitrogen and oxygen atoms in total. The number of rotatable bonds is 4. The van der Waals surface area contributed by atoms with Crippen molar-refractivity contribution in [1.29, 1.82) is 0 Å². The average Bonchev–Trinajstić information content (AvgIpc) is 3.17. The molecule has 0 radical (unpaired) electrons. The third kappa shape index (κ3) is 2.06. The molecule has 2 heterocycles. The maximum Gasteiger partial charge on any atom is 0.149 e. The third-order valence-electron chi connectivity index (χ3n) is 4.88. The van der Waals surface area contributed by atoms with Crippen LogP contribution in [0, 0.1) is 17.3 Å². The molecule has 3 rings (SSSR count). The van der Waals surface area contributed by atoms with Crippen molar-refractivity contribution in [2.24, 2.45) is 22.2 Å². The van der Waals surface area contributed by atoms with Gasteiger partial charge in [-0.15, -0.1) is 0 Å². The Morgan fingerprint density at radius 3 is 2.65 bits per heavy atom. The van der Waals surface area contributed by atoms with Crippen molar-refractivity contribution in [3.05, 3.63) is 23.3 Å². The van der Waals surface area contributed by atoms with Gasteiger partial charge in [-0.05, 0) is 30.3 Å². The molecule has 0 aromatic carbocycles. The van der Waals surface area contributed by atoms with Gasteiger partial charge in [0.15, 0.2) is 0 Å². The highest BCUT2D eigenvalue weighted by Crippen LogP contribution is 2.47. The molecule has 0 atom stereocenters. The summed E-state index contributed by atoms with van der Waals surface area (Å²) in [6, 6.07) is 0. The average molecular weight is 274 g/mol. The number of allylic oxidation sites excluding steroid dienone is 1. The van der Waals surface area contributed by atoms with E-state index in [1.165, 1.54) is 24.1 Å². The molecule has 2 aliphatic heterocycles. The van der Waals surface area contributed by atoms with Crippen molar-refractivity contribution in [2.45, 2.75) is 40.5 Å². The Morgan fingerprint density at radius 2 is 2.10 bits per heavy atom. The summed E-state index contributed by atoms with van der Waals surface area (Å²) in [7, 11) is 1.98. The van der Waals surface area contributed by atoms with E-state index in [-0.39, 0.29) is 5.41 Å². The molecule has 1 aliphatic carbocycles.